The SMILES string of the molecule is CN1CCc2nc(C(=O)NC(CCC(N)=O)CNC(=O)C(=O)Nc3ccc(Cl)cn3)sc2C1. The van der Waals surface area contributed by atoms with E-state index >= 15 is 0 Å². The first kappa shape index (κ1) is 24.6. The molecule has 0 fully saturated rings. The van der Waals surface area contributed by atoms with Crippen molar-refractivity contribution in [3.05, 3.63) is 38.9 Å². The molecular weight excluding hydrogens is 470 g/mol. The molecule has 176 valence electrons. The lowest BCUT2D eigenvalue weighted by molar-refractivity contribution is -0.136. The van der Waals surface area contributed by atoms with Gasteiger partial charge in [0, 0.05) is 49.6 Å². The monoisotopic (exact) mass is 493 g/mol. The molecule has 3 heterocycles. The molecule has 1 atom stereocenters. The summed E-state index contributed by atoms with van der Waals surface area (Å²) >= 11 is 7.06. The lowest BCUT2D eigenvalue weighted by atomic mass is 10.1. The van der Waals surface area contributed by atoms with Crippen molar-refractivity contribution in [2.45, 2.75) is 31.8 Å². The van der Waals surface area contributed by atoms with Gasteiger partial charge in [0.15, 0.2) is 5.01 Å². The van der Waals surface area contributed by atoms with Gasteiger partial charge in [0.25, 0.3) is 5.91 Å². The minimum atomic E-state index is -0.929. The number of carbonyl (C=O) groups excluding carboxylic acids is 4. The average molecular weight is 494 g/mol. The fraction of sp³-hybridized carbons (Fsp3) is 0.400. The summed E-state index contributed by atoms with van der Waals surface area (Å²) in [5.74, 6) is -2.63. The van der Waals surface area contributed by atoms with E-state index in [0.29, 0.717) is 10.0 Å². The lowest BCUT2D eigenvalue weighted by Gasteiger charge is -2.20. The van der Waals surface area contributed by atoms with Crippen LogP contribution in [-0.4, -0.2) is 64.7 Å². The Balaban J connectivity index is 1.58. The van der Waals surface area contributed by atoms with E-state index in [2.05, 4.69) is 30.8 Å². The number of fused-ring (bicyclic) bond motifs is 1. The number of carbonyl (C=O) groups is 4. The number of nitrogens with one attached hydrogen (secondary N) is 3. The van der Waals surface area contributed by atoms with Crippen LogP contribution in [0.25, 0.3) is 0 Å². The summed E-state index contributed by atoms with van der Waals surface area (Å²) in [5, 5.41) is 8.28. The Labute approximate surface area is 199 Å². The van der Waals surface area contributed by atoms with E-state index in [1.807, 2.05) is 7.05 Å². The molecule has 0 spiro atoms. The van der Waals surface area contributed by atoms with Crippen molar-refractivity contribution in [2.24, 2.45) is 5.73 Å². The van der Waals surface area contributed by atoms with Crippen LogP contribution in [0.4, 0.5) is 5.82 Å². The summed E-state index contributed by atoms with van der Waals surface area (Å²) in [5.41, 5.74) is 6.14. The largest absolute Gasteiger partial charge is 0.370 e. The van der Waals surface area contributed by atoms with Gasteiger partial charge in [0.05, 0.1) is 10.7 Å². The highest BCUT2D eigenvalue weighted by Gasteiger charge is 2.24. The van der Waals surface area contributed by atoms with E-state index in [4.69, 9.17) is 17.3 Å². The van der Waals surface area contributed by atoms with Crippen molar-refractivity contribution in [1.82, 2.24) is 25.5 Å². The zero-order chi connectivity index (χ0) is 24.0. The highest BCUT2D eigenvalue weighted by atomic mass is 35.5. The van der Waals surface area contributed by atoms with Gasteiger partial charge in [0.2, 0.25) is 5.91 Å². The number of hydrogen-bond acceptors (Lipinski definition) is 8. The first-order valence-electron chi connectivity index (χ1n) is 10.2. The number of thiazole rings is 1. The predicted molar refractivity (Wildman–Crippen MR) is 123 cm³/mol. The number of nitrogens with zero attached hydrogens (tertiary/aromatic N) is 3. The predicted octanol–water partition coefficient (Wildman–Crippen LogP) is 0.298. The number of nitrogens with two attached hydrogens (primary N) is 1. The molecule has 4 amide bonds. The zero-order valence-electron chi connectivity index (χ0n) is 17.9. The van der Waals surface area contributed by atoms with Crippen LogP contribution < -0.4 is 21.7 Å². The maximum absolute atomic E-state index is 12.7. The molecule has 1 aliphatic heterocycles. The lowest BCUT2D eigenvalue weighted by Crippen LogP contribution is -2.46. The van der Waals surface area contributed by atoms with E-state index in [0.717, 1.165) is 30.1 Å². The molecule has 0 aromatic carbocycles. The maximum atomic E-state index is 12.7. The van der Waals surface area contributed by atoms with Crippen LogP contribution in [0.2, 0.25) is 5.02 Å². The van der Waals surface area contributed by atoms with Gasteiger partial charge >= 0.3 is 11.8 Å². The van der Waals surface area contributed by atoms with Gasteiger partial charge in [-0.25, -0.2) is 9.97 Å². The summed E-state index contributed by atoms with van der Waals surface area (Å²) in [6, 6.07) is 2.35. The van der Waals surface area contributed by atoms with Crippen LogP contribution in [0.3, 0.4) is 0 Å². The van der Waals surface area contributed by atoms with E-state index in [1.165, 1.54) is 29.7 Å². The Hall–Kier alpha value is -3.09. The van der Waals surface area contributed by atoms with Crippen molar-refractivity contribution in [1.29, 1.82) is 0 Å². The van der Waals surface area contributed by atoms with Gasteiger partial charge in [-0.2, -0.15) is 0 Å². The molecular formula is C20H24ClN7O4S. The van der Waals surface area contributed by atoms with Crippen LogP contribution in [0.1, 0.15) is 33.2 Å². The summed E-state index contributed by atoms with van der Waals surface area (Å²) in [6.45, 7) is 1.53. The van der Waals surface area contributed by atoms with E-state index in [-0.39, 0.29) is 25.2 Å². The fourth-order valence-corrected chi connectivity index (χ4v) is 4.33. The van der Waals surface area contributed by atoms with Crippen LogP contribution in [0.5, 0.6) is 0 Å². The van der Waals surface area contributed by atoms with Crippen molar-refractivity contribution < 1.29 is 19.2 Å². The standard InChI is InChI=1S/C20H24ClN7O4S/c1-28-7-6-13-14(10-28)33-20(26-13)19(32)25-12(3-4-15(22)29)9-24-17(30)18(31)27-16-5-2-11(21)8-23-16/h2,5,8,12H,3-4,6-7,9-10H2,1H3,(H2,22,29)(H,24,30)(H,25,32)(H,23,27,31). The normalized spacial score (nSPS) is 14.1. The Morgan fingerprint density at radius 3 is 2.76 bits per heavy atom. The minimum absolute atomic E-state index is 0.000865. The van der Waals surface area contributed by atoms with E-state index in [1.54, 1.807) is 0 Å². The number of anilines is 1. The second-order valence-corrected chi connectivity index (χ2v) is 9.10. The third-order valence-corrected chi connectivity index (χ3v) is 6.18. The van der Waals surface area contributed by atoms with Crippen LogP contribution in [0, 0.1) is 0 Å². The van der Waals surface area contributed by atoms with Crippen molar-refractivity contribution in [3.8, 4) is 0 Å². The second kappa shape index (κ2) is 11.2. The number of rotatable bonds is 8. The number of pyridine rings is 1. The number of amides is 4. The first-order valence-corrected chi connectivity index (χ1v) is 11.4. The molecule has 0 saturated carbocycles. The molecule has 1 aliphatic rings. The zero-order valence-corrected chi connectivity index (χ0v) is 19.5. The van der Waals surface area contributed by atoms with Gasteiger partial charge in [0.1, 0.15) is 5.82 Å². The highest BCUT2D eigenvalue weighted by Crippen LogP contribution is 2.24. The second-order valence-electron chi connectivity index (χ2n) is 7.58. The third kappa shape index (κ3) is 7.20. The van der Waals surface area contributed by atoms with Crippen LogP contribution in [-0.2, 0) is 27.3 Å². The number of hydrogen-bond donors (Lipinski definition) is 4. The quantitative estimate of drug-likeness (QED) is 0.385. The van der Waals surface area contributed by atoms with Crippen LogP contribution >= 0.6 is 22.9 Å². The molecule has 33 heavy (non-hydrogen) atoms. The topological polar surface area (TPSA) is 159 Å². The molecule has 1 unspecified atom stereocenters. The maximum Gasteiger partial charge on any atom is 0.314 e. The average Bonchev–Trinajstić information content (AvgIpc) is 3.20. The smallest absolute Gasteiger partial charge is 0.314 e. The molecule has 0 saturated heterocycles. The van der Waals surface area contributed by atoms with Gasteiger partial charge in [-0.15, -0.1) is 11.3 Å². The number of halogens is 1. The van der Waals surface area contributed by atoms with Crippen molar-refractivity contribution in [3.63, 3.8) is 0 Å². The number of likely N-dealkylation sites (N-methyl/N-ethyl adjacent to an activating group) is 1. The van der Waals surface area contributed by atoms with Gasteiger partial charge in [-0.1, -0.05) is 11.6 Å². The first-order chi connectivity index (χ1) is 15.7. The molecule has 2 aromatic rings. The summed E-state index contributed by atoms with van der Waals surface area (Å²) in [7, 11) is 2.00. The molecule has 13 heteroatoms. The Morgan fingerprint density at radius 1 is 1.27 bits per heavy atom. The van der Waals surface area contributed by atoms with E-state index < -0.39 is 29.7 Å². The number of primary amides is 1. The summed E-state index contributed by atoms with van der Waals surface area (Å²) in [6.07, 6.45) is 2.30. The third-order valence-electron chi connectivity index (χ3n) is 4.87. The summed E-state index contributed by atoms with van der Waals surface area (Å²) in [4.78, 5) is 59.7. The molecule has 0 bridgehead atoms. The van der Waals surface area contributed by atoms with E-state index in [9.17, 15) is 19.2 Å². The van der Waals surface area contributed by atoms with Crippen LogP contribution in [0.15, 0.2) is 18.3 Å². The molecule has 3 rings (SSSR count). The molecule has 5 N–H and O–H groups in total. The molecule has 2 aromatic heterocycles. The Morgan fingerprint density at radius 2 is 2.06 bits per heavy atom. The summed E-state index contributed by atoms with van der Waals surface area (Å²) < 4.78 is 0. The van der Waals surface area contributed by atoms with Gasteiger partial charge in [-0.3, -0.25) is 19.2 Å². The fourth-order valence-electron chi connectivity index (χ4n) is 3.13. The Kier molecular flexibility index (Phi) is 8.31. The van der Waals surface area contributed by atoms with Crippen molar-refractivity contribution >= 4 is 52.4 Å². The highest BCUT2D eigenvalue weighted by molar-refractivity contribution is 7.13. The minimum Gasteiger partial charge on any atom is -0.370 e. The van der Waals surface area contributed by atoms with Crippen molar-refractivity contribution in [2.75, 3.05) is 25.5 Å². The molecule has 0 radical (unpaired) electrons. The molecule has 0 aliphatic carbocycles. The van der Waals surface area contributed by atoms with Gasteiger partial charge < -0.3 is 26.6 Å². The number of aromatic nitrogens is 2. The van der Waals surface area contributed by atoms with Gasteiger partial charge in [-0.05, 0) is 25.6 Å². The Bertz CT molecular complexity index is 1040. The molecule has 11 nitrogen and oxygen atoms in total.